The van der Waals surface area contributed by atoms with Crippen molar-refractivity contribution in [3.05, 3.63) is 0 Å². The van der Waals surface area contributed by atoms with Crippen molar-refractivity contribution in [3.63, 3.8) is 0 Å². The number of rotatable bonds is 4. The fourth-order valence-corrected chi connectivity index (χ4v) is 1.41. The van der Waals surface area contributed by atoms with Gasteiger partial charge in [0.15, 0.2) is 0 Å². The lowest BCUT2D eigenvalue weighted by atomic mass is 9.92. The molecule has 1 aliphatic heterocycles. The van der Waals surface area contributed by atoms with Crippen molar-refractivity contribution >= 4 is 23.1 Å². The molecule has 1 amide bonds. The molecule has 0 spiro atoms. The predicted molar refractivity (Wildman–Crippen MR) is 62.5 cm³/mol. The van der Waals surface area contributed by atoms with Crippen LogP contribution < -0.4 is 11.1 Å². The Balaban J connectivity index is 2.38. The molecule has 0 radical (unpaired) electrons. The van der Waals surface area contributed by atoms with Gasteiger partial charge in [-0.15, -0.1) is 0 Å². The van der Waals surface area contributed by atoms with E-state index in [1.165, 1.54) is 0 Å². The summed E-state index contributed by atoms with van der Waals surface area (Å²) in [6, 6.07) is 0. The fraction of sp³-hybridized carbons (Fsp3) is 0.800. The van der Waals surface area contributed by atoms with Crippen molar-refractivity contribution in [2.24, 2.45) is 17.1 Å². The van der Waals surface area contributed by atoms with Crippen molar-refractivity contribution in [3.8, 4) is 0 Å². The number of hydrogen-bond acceptors (Lipinski definition) is 3. The van der Waals surface area contributed by atoms with Crippen LogP contribution in [0.4, 0.5) is 0 Å². The van der Waals surface area contributed by atoms with Gasteiger partial charge in [-0.1, -0.05) is 12.2 Å². The van der Waals surface area contributed by atoms with Crippen LogP contribution in [-0.4, -0.2) is 30.7 Å². The summed E-state index contributed by atoms with van der Waals surface area (Å²) in [5.74, 6) is 0.318. The minimum absolute atomic E-state index is 0.109. The summed E-state index contributed by atoms with van der Waals surface area (Å²) in [4.78, 5) is 12.0. The van der Waals surface area contributed by atoms with Crippen molar-refractivity contribution in [2.45, 2.75) is 20.3 Å². The molecule has 3 N–H and O–H groups in total. The van der Waals surface area contributed by atoms with Crippen LogP contribution in [0.1, 0.15) is 20.3 Å². The lowest BCUT2D eigenvalue weighted by Crippen LogP contribution is -2.46. The van der Waals surface area contributed by atoms with E-state index in [0.717, 1.165) is 19.6 Å². The number of hydrogen-bond donors (Lipinski definition) is 2. The van der Waals surface area contributed by atoms with Gasteiger partial charge in [-0.3, -0.25) is 4.79 Å². The molecule has 1 aliphatic rings. The van der Waals surface area contributed by atoms with Gasteiger partial charge in [0.1, 0.15) is 0 Å². The van der Waals surface area contributed by atoms with E-state index in [9.17, 15) is 4.79 Å². The van der Waals surface area contributed by atoms with Crippen molar-refractivity contribution < 1.29 is 9.53 Å². The highest BCUT2D eigenvalue weighted by atomic mass is 32.1. The zero-order valence-corrected chi connectivity index (χ0v) is 10.0. The molecule has 5 heteroatoms. The summed E-state index contributed by atoms with van der Waals surface area (Å²) in [6.45, 7) is 5.63. The zero-order chi connectivity index (χ0) is 11.5. The first-order valence-corrected chi connectivity index (χ1v) is 5.51. The summed E-state index contributed by atoms with van der Waals surface area (Å²) in [7, 11) is 0. The third-order valence-electron chi connectivity index (χ3n) is 2.76. The van der Waals surface area contributed by atoms with Crippen LogP contribution in [0.3, 0.4) is 0 Å². The highest BCUT2D eigenvalue weighted by molar-refractivity contribution is 7.80. The monoisotopic (exact) mass is 230 g/mol. The Kier molecular flexibility index (Phi) is 4.04. The van der Waals surface area contributed by atoms with E-state index in [1.54, 1.807) is 13.8 Å². The minimum atomic E-state index is -0.769. The number of nitrogens with one attached hydrogen (secondary N) is 1. The molecule has 1 heterocycles. The van der Waals surface area contributed by atoms with Crippen LogP contribution in [0.5, 0.6) is 0 Å². The Morgan fingerprint density at radius 2 is 2.33 bits per heavy atom. The summed E-state index contributed by atoms with van der Waals surface area (Å²) in [5, 5.41) is 2.86. The van der Waals surface area contributed by atoms with E-state index in [-0.39, 0.29) is 10.9 Å². The van der Waals surface area contributed by atoms with Crippen LogP contribution in [-0.2, 0) is 9.53 Å². The van der Waals surface area contributed by atoms with E-state index in [0.29, 0.717) is 12.5 Å². The van der Waals surface area contributed by atoms with Gasteiger partial charge in [0.25, 0.3) is 0 Å². The molecule has 86 valence electrons. The third-order valence-corrected chi connectivity index (χ3v) is 3.27. The van der Waals surface area contributed by atoms with Crippen LogP contribution in [0, 0.1) is 11.3 Å². The van der Waals surface area contributed by atoms with Crippen molar-refractivity contribution in [1.29, 1.82) is 0 Å². The number of ether oxygens (including phenoxy) is 1. The normalized spacial score (nSPS) is 21.3. The predicted octanol–water partition coefficient (Wildman–Crippen LogP) is 0.451. The van der Waals surface area contributed by atoms with Gasteiger partial charge in [-0.2, -0.15) is 0 Å². The second-order valence-electron chi connectivity index (χ2n) is 4.43. The molecule has 0 aromatic heterocycles. The van der Waals surface area contributed by atoms with Crippen LogP contribution in [0.25, 0.3) is 0 Å². The largest absolute Gasteiger partial charge is 0.392 e. The van der Waals surface area contributed by atoms with Gasteiger partial charge in [-0.25, -0.2) is 0 Å². The summed E-state index contributed by atoms with van der Waals surface area (Å²) in [6.07, 6.45) is 1.01. The van der Waals surface area contributed by atoms with E-state index in [1.807, 2.05) is 0 Å². The first-order valence-electron chi connectivity index (χ1n) is 5.10. The Bertz CT molecular complexity index is 260. The third kappa shape index (κ3) is 3.14. The van der Waals surface area contributed by atoms with Crippen LogP contribution >= 0.6 is 12.2 Å². The number of carbonyl (C=O) groups is 1. The van der Waals surface area contributed by atoms with Crippen LogP contribution in [0.15, 0.2) is 0 Å². The first-order chi connectivity index (χ1) is 6.94. The van der Waals surface area contributed by atoms with Gasteiger partial charge in [0.05, 0.1) is 17.0 Å². The quantitative estimate of drug-likeness (QED) is 0.688. The summed E-state index contributed by atoms with van der Waals surface area (Å²) in [5.41, 5.74) is 4.73. The highest BCUT2D eigenvalue weighted by Gasteiger charge is 2.31. The minimum Gasteiger partial charge on any atom is -0.392 e. The maximum absolute atomic E-state index is 11.7. The van der Waals surface area contributed by atoms with Gasteiger partial charge in [0.2, 0.25) is 5.91 Å². The standard InChI is InChI=1S/C10H18N2O2S/c1-10(2,8(11)15)9(13)12-5-7-3-4-14-6-7/h7H,3-6H2,1-2H3,(H2,11,15)(H,12,13). The number of thiocarbonyl (C=S) groups is 1. The number of carbonyl (C=O) groups excluding carboxylic acids is 1. The van der Waals surface area contributed by atoms with Gasteiger partial charge in [0, 0.05) is 19.1 Å². The molecule has 15 heavy (non-hydrogen) atoms. The van der Waals surface area contributed by atoms with E-state index in [2.05, 4.69) is 5.32 Å². The molecule has 0 bridgehead atoms. The maximum atomic E-state index is 11.7. The molecule has 0 saturated carbocycles. The Morgan fingerprint density at radius 3 is 2.80 bits per heavy atom. The van der Waals surface area contributed by atoms with Gasteiger partial charge < -0.3 is 15.8 Å². The molecule has 1 atom stereocenters. The van der Waals surface area contributed by atoms with Gasteiger partial charge in [-0.05, 0) is 20.3 Å². The molecule has 1 unspecified atom stereocenters. The summed E-state index contributed by atoms with van der Waals surface area (Å²) >= 11 is 4.85. The maximum Gasteiger partial charge on any atom is 0.232 e. The Hall–Kier alpha value is -0.680. The summed E-state index contributed by atoms with van der Waals surface area (Å²) < 4.78 is 5.22. The Morgan fingerprint density at radius 1 is 1.67 bits per heavy atom. The molecule has 1 saturated heterocycles. The molecular weight excluding hydrogens is 212 g/mol. The molecular formula is C10H18N2O2S. The van der Waals surface area contributed by atoms with Crippen molar-refractivity contribution in [1.82, 2.24) is 5.32 Å². The average Bonchev–Trinajstić information content (AvgIpc) is 2.66. The number of amides is 1. The molecule has 1 rings (SSSR count). The molecule has 0 aromatic carbocycles. The lowest BCUT2D eigenvalue weighted by Gasteiger charge is -2.22. The smallest absolute Gasteiger partial charge is 0.232 e. The van der Waals surface area contributed by atoms with Crippen molar-refractivity contribution in [2.75, 3.05) is 19.8 Å². The SMILES string of the molecule is CC(C)(C(=O)NCC1CCOC1)C(N)=S. The molecule has 4 nitrogen and oxygen atoms in total. The first kappa shape index (κ1) is 12.4. The zero-order valence-electron chi connectivity index (χ0n) is 9.21. The van der Waals surface area contributed by atoms with Gasteiger partial charge >= 0.3 is 0 Å². The van der Waals surface area contributed by atoms with E-state index >= 15 is 0 Å². The van der Waals surface area contributed by atoms with Crippen LogP contribution in [0.2, 0.25) is 0 Å². The molecule has 0 aliphatic carbocycles. The fourth-order valence-electron chi connectivity index (χ4n) is 1.31. The highest BCUT2D eigenvalue weighted by Crippen LogP contribution is 2.16. The topological polar surface area (TPSA) is 64.3 Å². The Labute approximate surface area is 95.5 Å². The van der Waals surface area contributed by atoms with E-state index in [4.69, 9.17) is 22.7 Å². The second kappa shape index (κ2) is 4.90. The molecule has 0 aromatic rings. The number of nitrogens with two attached hydrogens (primary N) is 1. The second-order valence-corrected chi connectivity index (χ2v) is 4.87. The lowest BCUT2D eigenvalue weighted by molar-refractivity contribution is -0.126. The molecule has 1 fully saturated rings. The average molecular weight is 230 g/mol. The van der Waals surface area contributed by atoms with E-state index < -0.39 is 5.41 Å².